The maximum absolute atomic E-state index is 13.4. The number of carbonyl (C=O) groups is 2. The fourth-order valence-corrected chi connectivity index (χ4v) is 3.70. The lowest BCUT2D eigenvalue weighted by atomic mass is 10.0. The second kappa shape index (κ2) is 12.1. The van der Waals surface area contributed by atoms with Crippen LogP contribution in [-0.4, -0.2) is 35.9 Å². The Hall–Kier alpha value is -3.31. The molecule has 3 aromatic carbocycles. The van der Waals surface area contributed by atoms with Crippen LogP contribution in [0.5, 0.6) is 5.75 Å². The highest BCUT2D eigenvalue weighted by atomic mass is 35.5. The number of halogens is 1. The molecule has 0 bridgehead atoms. The second-order valence-corrected chi connectivity index (χ2v) is 8.24. The third-order valence-electron chi connectivity index (χ3n) is 5.33. The van der Waals surface area contributed by atoms with Crippen LogP contribution in [0, 0.1) is 6.92 Å². The first kappa shape index (κ1) is 24.3. The molecule has 0 radical (unpaired) electrons. The van der Waals surface area contributed by atoms with Gasteiger partial charge < -0.3 is 15.0 Å². The van der Waals surface area contributed by atoms with Gasteiger partial charge in [0.2, 0.25) is 5.91 Å². The zero-order chi connectivity index (χ0) is 23.6. The Morgan fingerprint density at radius 2 is 1.61 bits per heavy atom. The number of nitrogens with one attached hydrogen (secondary N) is 1. The smallest absolute Gasteiger partial charge is 0.261 e. The summed E-state index contributed by atoms with van der Waals surface area (Å²) in [5, 5.41) is 3.50. The van der Waals surface area contributed by atoms with Gasteiger partial charge in [-0.2, -0.15) is 0 Å². The van der Waals surface area contributed by atoms with E-state index in [4.69, 9.17) is 16.3 Å². The molecule has 0 unspecified atom stereocenters. The van der Waals surface area contributed by atoms with Gasteiger partial charge in [-0.1, -0.05) is 72.3 Å². The first-order chi connectivity index (χ1) is 16.0. The number of para-hydroxylation sites is 1. The Morgan fingerprint density at radius 3 is 2.27 bits per heavy atom. The summed E-state index contributed by atoms with van der Waals surface area (Å²) in [5.41, 5.74) is 2.80. The van der Waals surface area contributed by atoms with Crippen LogP contribution >= 0.6 is 11.6 Å². The van der Waals surface area contributed by atoms with Crippen LogP contribution in [-0.2, 0) is 22.6 Å². The molecule has 33 heavy (non-hydrogen) atoms. The number of nitrogens with zero attached hydrogens (tertiary/aromatic N) is 1. The Kier molecular flexibility index (Phi) is 8.90. The molecule has 0 saturated heterocycles. The highest BCUT2D eigenvalue weighted by Gasteiger charge is 2.30. The van der Waals surface area contributed by atoms with Crippen molar-refractivity contribution in [1.29, 1.82) is 0 Å². The standard InChI is InChI=1S/C27H29ClN2O3/c1-3-29-27(32)24(17-21-10-5-4-6-11-21)30(18-22-13-15-23(28)16-14-22)26(31)19-33-25-12-8-7-9-20(25)2/h4-16,24H,3,17-19H2,1-2H3,(H,29,32)/t24-/m1/s1. The van der Waals surface area contributed by atoms with Gasteiger partial charge in [-0.3, -0.25) is 9.59 Å². The van der Waals surface area contributed by atoms with E-state index in [9.17, 15) is 9.59 Å². The van der Waals surface area contributed by atoms with E-state index >= 15 is 0 Å². The molecule has 2 amide bonds. The van der Waals surface area contributed by atoms with Gasteiger partial charge in [-0.25, -0.2) is 0 Å². The summed E-state index contributed by atoms with van der Waals surface area (Å²) in [6, 6.07) is 23.8. The molecule has 0 saturated carbocycles. The summed E-state index contributed by atoms with van der Waals surface area (Å²) in [7, 11) is 0. The number of aryl methyl sites for hydroxylation is 1. The molecule has 0 spiro atoms. The van der Waals surface area contributed by atoms with Gasteiger partial charge in [0.05, 0.1) is 0 Å². The quantitative estimate of drug-likeness (QED) is 0.468. The highest BCUT2D eigenvalue weighted by Crippen LogP contribution is 2.19. The fraction of sp³-hybridized carbons (Fsp3) is 0.259. The lowest BCUT2D eigenvalue weighted by Gasteiger charge is -2.31. The van der Waals surface area contributed by atoms with Crippen LogP contribution in [0.2, 0.25) is 5.02 Å². The summed E-state index contributed by atoms with van der Waals surface area (Å²) in [4.78, 5) is 28.1. The Bertz CT molecular complexity index is 1050. The molecular weight excluding hydrogens is 436 g/mol. The number of likely N-dealkylation sites (N-methyl/N-ethyl adjacent to an activating group) is 1. The second-order valence-electron chi connectivity index (χ2n) is 7.80. The largest absolute Gasteiger partial charge is 0.484 e. The predicted molar refractivity (Wildman–Crippen MR) is 131 cm³/mol. The summed E-state index contributed by atoms with van der Waals surface area (Å²) in [5.74, 6) is 0.190. The first-order valence-corrected chi connectivity index (χ1v) is 11.4. The molecule has 0 fully saturated rings. The third-order valence-corrected chi connectivity index (χ3v) is 5.58. The molecule has 0 aliphatic carbocycles. The van der Waals surface area contributed by atoms with Gasteiger partial charge >= 0.3 is 0 Å². The lowest BCUT2D eigenvalue weighted by Crippen LogP contribution is -2.51. The van der Waals surface area contributed by atoms with E-state index in [0.29, 0.717) is 23.7 Å². The van der Waals surface area contributed by atoms with Crippen LogP contribution in [0.25, 0.3) is 0 Å². The number of benzene rings is 3. The molecular formula is C27H29ClN2O3. The molecule has 1 N–H and O–H groups in total. The van der Waals surface area contributed by atoms with Crippen molar-refractivity contribution in [3.63, 3.8) is 0 Å². The van der Waals surface area contributed by atoms with Gasteiger partial charge in [0.25, 0.3) is 5.91 Å². The summed E-state index contributed by atoms with van der Waals surface area (Å²) < 4.78 is 5.83. The van der Waals surface area contributed by atoms with Crippen LogP contribution in [0.4, 0.5) is 0 Å². The number of rotatable bonds is 10. The minimum atomic E-state index is -0.684. The summed E-state index contributed by atoms with van der Waals surface area (Å²) >= 11 is 6.04. The average Bonchev–Trinajstić information content (AvgIpc) is 2.82. The number of hydrogen-bond acceptors (Lipinski definition) is 3. The van der Waals surface area contributed by atoms with Crippen molar-refractivity contribution in [2.45, 2.75) is 32.9 Å². The van der Waals surface area contributed by atoms with Crippen molar-refractivity contribution >= 4 is 23.4 Å². The topological polar surface area (TPSA) is 58.6 Å². The van der Waals surface area contributed by atoms with Gasteiger partial charge in [0.1, 0.15) is 11.8 Å². The monoisotopic (exact) mass is 464 g/mol. The lowest BCUT2D eigenvalue weighted by molar-refractivity contribution is -0.142. The number of ether oxygens (including phenoxy) is 1. The molecule has 0 aromatic heterocycles. The fourth-order valence-electron chi connectivity index (χ4n) is 3.57. The normalized spacial score (nSPS) is 11.5. The Labute approximate surface area is 200 Å². The van der Waals surface area contributed by atoms with Crippen molar-refractivity contribution in [3.8, 4) is 5.75 Å². The van der Waals surface area contributed by atoms with Crippen molar-refractivity contribution in [2.24, 2.45) is 0 Å². The number of amides is 2. The SMILES string of the molecule is CCNC(=O)[C@@H](Cc1ccccc1)N(Cc1ccc(Cl)cc1)C(=O)COc1ccccc1C. The van der Waals surface area contributed by atoms with Gasteiger partial charge in [0.15, 0.2) is 6.61 Å². The van der Waals surface area contributed by atoms with Crippen LogP contribution in [0.15, 0.2) is 78.9 Å². The molecule has 1 atom stereocenters. The van der Waals surface area contributed by atoms with E-state index < -0.39 is 6.04 Å². The predicted octanol–water partition coefficient (Wildman–Crippen LogP) is 4.80. The van der Waals surface area contributed by atoms with E-state index in [0.717, 1.165) is 16.7 Å². The minimum Gasteiger partial charge on any atom is -0.484 e. The maximum atomic E-state index is 13.4. The molecule has 172 valence electrons. The Morgan fingerprint density at radius 1 is 0.939 bits per heavy atom. The van der Waals surface area contributed by atoms with Crippen molar-refractivity contribution in [3.05, 3.63) is 101 Å². The average molecular weight is 465 g/mol. The van der Waals surface area contributed by atoms with E-state index in [-0.39, 0.29) is 25.0 Å². The van der Waals surface area contributed by atoms with Crippen molar-refractivity contribution < 1.29 is 14.3 Å². The van der Waals surface area contributed by atoms with Crippen LogP contribution < -0.4 is 10.1 Å². The third kappa shape index (κ3) is 7.09. The molecule has 0 heterocycles. The van der Waals surface area contributed by atoms with Gasteiger partial charge in [-0.15, -0.1) is 0 Å². The van der Waals surface area contributed by atoms with Crippen LogP contribution in [0.1, 0.15) is 23.6 Å². The molecule has 3 aromatic rings. The molecule has 5 nitrogen and oxygen atoms in total. The van der Waals surface area contributed by atoms with E-state index in [1.54, 1.807) is 17.0 Å². The van der Waals surface area contributed by atoms with E-state index in [1.165, 1.54) is 0 Å². The van der Waals surface area contributed by atoms with Crippen molar-refractivity contribution in [1.82, 2.24) is 10.2 Å². The first-order valence-electron chi connectivity index (χ1n) is 11.0. The van der Waals surface area contributed by atoms with E-state index in [2.05, 4.69) is 5.32 Å². The minimum absolute atomic E-state index is 0.164. The van der Waals surface area contributed by atoms with Gasteiger partial charge in [0, 0.05) is 24.5 Å². The van der Waals surface area contributed by atoms with Crippen LogP contribution in [0.3, 0.4) is 0 Å². The zero-order valence-electron chi connectivity index (χ0n) is 19.0. The molecule has 3 rings (SSSR count). The number of carbonyl (C=O) groups excluding carboxylic acids is 2. The van der Waals surface area contributed by atoms with Gasteiger partial charge in [-0.05, 0) is 48.7 Å². The maximum Gasteiger partial charge on any atom is 0.261 e. The number of hydrogen-bond donors (Lipinski definition) is 1. The zero-order valence-corrected chi connectivity index (χ0v) is 19.7. The molecule has 0 aliphatic heterocycles. The molecule has 0 aliphatic rings. The summed E-state index contributed by atoms with van der Waals surface area (Å²) in [6.45, 7) is 4.38. The molecule has 6 heteroatoms. The summed E-state index contributed by atoms with van der Waals surface area (Å²) in [6.07, 6.45) is 0.399. The van der Waals surface area contributed by atoms with Crippen molar-refractivity contribution in [2.75, 3.05) is 13.2 Å². The van der Waals surface area contributed by atoms with E-state index in [1.807, 2.05) is 80.6 Å². The Balaban J connectivity index is 1.89. The highest BCUT2D eigenvalue weighted by molar-refractivity contribution is 6.30.